The molecule has 24 heavy (non-hydrogen) atoms. The lowest BCUT2D eigenvalue weighted by Crippen LogP contribution is -2.26. The van der Waals surface area contributed by atoms with Crippen LogP contribution in [0.3, 0.4) is 0 Å². The van der Waals surface area contributed by atoms with Crippen molar-refractivity contribution in [3.8, 4) is 0 Å². The molecule has 0 unspecified atom stereocenters. The number of hydrogen-bond acceptors (Lipinski definition) is 6. The van der Waals surface area contributed by atoms with Crippen molar-refractivity contribution in [2.45, 2.75) is 31.8 Å². The van der Waals surface area contributed by atoms with Gasteiger partial charge in [0.1, 0.15) is 12.7 Å². The van der Waals surface area contributed by atoms with Crippen molar-refractivity contribution in [3.05, 3.63) is 29.3 Å². The summed E-state index contributed by atoms with van der Waals surface area (Å²) < 4.78 is 31.9. The molecule has 1 saturated heterocycles. The average molecular weight is 353 g/mol. The summed E-state index contributed by atoms with van der Waals surface area (Å²) in [5.74, 6) is 0.0915. The second kappa shape index (κ2) is 6.52. The van der Waals surface area contributed by atoms with Crippen LogP contribution in [0.5, 0.6) is 0 Å². The van der Waals surface area contributed by atoms with Crippen molar-refractivity contribution in [3.63, 3.8) is 0 Å². The van der Waals surface area contributed by atoms with E-state index in [1.165, 1.54) is 4.90 Å². The molecule has 0 radical (unpaired) electrons. The quantitative estimate of drug-likeness (QED) is 0.607. The van der Waals surface area contributed by atoms with E-state index in [4.69, 9.17) is 4.74 Å². The first-order valence-corrected chi connectivity index (χ1v) is 9.64. The standard InChI is InChI=1S/C16H19NO6S/c1-24(20,21)22-10-13-9-17(16(19)23-13)12-7-6-11-4-2-3-5-15(18)14(11)8-12/h6-8,13H,2-5,9-10H2,1H3/t13-/m1/s1. The second-order valence-corrected chi connectivity index (χ2v) is 7.72. The third-order valence-corrected chi connectivity index (χ3v) is 4.71. The maximum atomic E-state index is 12.2. The van der Waals surface area contributed by atoms with Crippen molar-refractivity contribution >= 4 is 27.7 Å². The average Bonchev–Trinajstić information content (AvgIpc) is 2.79. The van der Waals surface area contributed by atoms with Gasteiger partial charge in [0.2, 0.25) is 0 Å². The number of hydrogen-bond donors (Lipinski definition) is 0. The molecule has 3 rings (SSSR count). The molecule has 1 heterocycles. The number of aryl methyl sites for hydroxylation is 1. The summed E-state index contributed by atoms with van der Waals surface area (Å²) in [4.78, 5) is 25.6. The number of amides is 1. The molecular weight excluding hydrogens is 334 g/mol. The van der Waals surface area contributed by atoms with Gasteiger partial charge in [-0.05, 0) is 37.0 Å². The van der Waals surface area contributed by atoms with E-state index in [1.807, 2.05) is 6.07 Å². The van der Waals surface area contributed by atoms with Crippen LogP contribution in [0.1, 0.15) is 35.2 Å². The van der Waals surface area contributed by atoms with Gasteiger partial charge in [0.05, 0.1) is 12.8 Å². The molecular formula is C16H19NO6S. The zero-order valence-electron chi connectivity index (χ0n) is 13.4. The predicted molar refractivity (Wildman–Crippen MR) is 86.7 cm³/mol. The third kappa shape index (κ3) is 3.76. The number of Topliss-reactive ketones (excluding diaryl/α,β-unsaturated/α-hetero) is 1. The first kappa shape index (κ1) is 16.9. The minimum Gasteiger partial charge on any atom is -0.441 e. The molecule has 1 aliphatic heterocycles. The monoisotopic (exact) mass is 353 g/mol. The second-order valence-electron chi connectivity index (χ2n) is 6.08. The van der Waals surface area contributed by atoms with Gasteiger partial charge in [-0.3, -0.25) is 13.9 Å². The zero-order valence-corrected chi connectivity index (χ0v) is 14.2. The van der Waals surface area contributed by atoms with Crippen LogP contribution in [0, 0.1) is 0 Å². The van der Waals surface area contributed by atoms with Crippen LogP contribution in [0.15, 0.2) is 18.2 Å². The Morgan fingerprint density at radius 3 is 2.75 bits per heavy atom. The molecule has 0 saturated carbocycles. The summed E-state index contributed by atoms with van der Waals surface area (Å²) in [6.07, 6.45) is 2.94. The van der Waals surface area contributed by atoms with Crippen molar-refractivity contribution in [1.82, 2.24) is 0 Å². The molecule has 0 N–H and O–H groups in total. The minimum absolute atomic E-state index is 0.0915. The summed E-state index contributed by atoms with van der Waals surface area (Å²) in [5.41, 5.74) is 2.25. The van der Waals surface area contributed by atoms with Crippen molar-refractivity contribution in [2.24, 2.45) is 0 Å². The maximum absolute atomic E-state index is 12.2. The number of fused-ring (bicyclic) bond motifs is 1. The summed E-state index contributed by atoms with van der Waals surface area (Å²) in [6.45, 7) is -0.0354. The Morgan fingerprint density at radius 1 is 1.25 bits per heavy atom. The molecule has 1 aliphatic carbocycles. The third-order valence-electron chi connectivity index (χ3n) is 4.15. The molecule has 0 aromatic heterocycles. The molecule has 7 nitrogen and oxygen atoms in total. The SMILES string of the molecule is CS(=O)(=O)OC[C@H]1CN(c2ccc3c(c2)C(=O)CCCC3)C(=O)O1. The lowest BCUT2D eigenvalue weighted by molar-refractivity contribution is 0.0981. The van der Waals surface area contributed by atoms with E-state index in [2.05, 4.69) is 4.18 Å². The van der Waals surface area contributed by atoms with Crippen molar-refractivity contribution in [2.75, 3.05) is 24.3 Å². The van der Waals surface area contributed by atoms with Gasteiger partial charge in [-0.15, -0.1) is 0 Å². The van der Waals surface area contributed by atoms with E-state index < -0.39 is 22.3 Å². The van der Waals surface area contributed by atoms with Gasteiger partial charge in [0.25, 0.3) is 10.1 Å². The van der Waals surface area contributed by atoms with Crippen LogP contribution in [-0.2, 0) is 25.5 Å². The number of benzene rings is 1. The lowest BCUT2D eigenvalue weighted by atomic mass is 10.0. The largest absolute Gasteiger partial charge is 0.441 e. The molecule has 1 aromatic rings. The molecule has 0 bridgehead atoms. The van der Waals surface area contributed by atoms with E-state index in [9.17, 15) is 18.0 Å². The van der Waals surface area contributed by atoms with Gasteiger partial charge in [-0.25, -0.2) is 4.79 Å². The Balaban J connectivity index is 1.77. The fraction of sp³-hybridized carbons (Fsp3) is 0.500. The summed E-state index contributed by atoms with van der Waals surface area (Å²) >= 11 is 0. The van der Waals surface area contributed by atoms with Crippen LogP contribution in [0.2, 0.25) is 0 Å². The number of cyclic esters (lactones) is 1. The topological polar surface area (TPSA) is 90.0 Å². The minimum atomic E-state index is -3.59. The number of carbonyl (C=O) groups is 2. The molecule has 0 spiro atoms. The number of carbonyl (C=O) groups excluding carboxylic acids is 2. The first-order valence-electron chi connectivity index (χ1n) is 7.82. The highest BCUT2D eigenvalue weighted by Crippen LogP contribution is 2.28. The molecule has 1 fully saturated rings. The van der Waals surface area contributed by atoms with Gasteiger partial charge >= 0.3 is 6.09 Å². The summed E-state index contributed by atoms with van der Waals surface area (Å²) in [7, 11) is -3.59. The van der Waals surface area contributed by atoms with E-state index in [-0.39, 0.29) is 18.9 Å². The number of rotatable bonds is 4. The van der Waals surface area contributed by atoms with Gasteiger partial charge < -0.3 is 4.74 Å². The normalized spacial score (nSPS) is 21.4. The smallest absolute Gasteiger partial charge is 0.414 e. The fourth-order valence-electron chi connectivity index (χ4n) is 2.96. The number of ether oxygens (including phenoxy) is 1. The van der Waals surface area contributed by atoms with Gasteiger partial charge in [-0.1, -0.05) is 6.07 Å². The van der Waals surface area contributed by atoms with Gasteiger partial charge in [-0.2, -0.15) is 8.42 Å². The highest BCUT2D eigenvalue weighted by molar-refractivity contribution is 7.85. The lowest BCUT2D eigenvalue weighted by Gasteiger charge is -2.15. The first-order chi connectivity index (χ1) is 11.3. The van der Waals surface area contributed by atoms with Crippen LogP contribution in [0.4, 0.5) is 10.5 Å². The molecule has 1 atom stereocenters. The molecule has 8 heteroatoms. The van der Waals surface area contributed by atoms with Gasteiger partial charge in [0.15, 0.2) is 5.78 Å². The molecule has 1 amide bonds. The van der Waals surface area contributed by atoms with Crippen LogP contribution >= 0.6 is 0 Å². The molecule has 1 aromatic carbocycles. The van der Waals surface area contributed by atoms with Crippen molar-refractivity contribution in [1.29, 1.82) is 0 Å². The number of ketones is 1. The van der Waals surface area contributed by atoms with Crippen molar-refractivity contribution < 1.29 is 26.9 Å². The van der Waals surface area contributed by atoms with Gasteiger partial charge in [0, 0.05) is 17.7 Å². The zero-order chi connectivity index (χ0) is 17.3. The maximum Gasteiger partial charge on any atom is 0.414 e. The fourth-order valence-corrected chi connectivity index (χ4v) is 3.36. The Kier molecular flexibility index (Phi) is 4.60. The Bertz CT molecular complexity index is 773. The van der Waals surface area contributed by atoms with E-state index >= 15 is 0 Å². The Hall–Kier alpha value is -1.93. The summed E-state index contributed by atoms with van der Waals surface area (Å²) in [6, 6.07) is 5.39. The van der Waals surface area contributed by atoms with E-state index in [1.54, 1.807) is 12.1 Å². The van der Waals surface area contributed by atoms with Crippen LogP contribution < -0.4 is 4.90 Å². The van der Waals surface area contributed by atoms with Crippen LogP contribution in [-0.4, -0.2) is 45.8 Å². The number of nitrogens with zero attached hydrogens (tertiary/aromatic N) is 1. The van der Waals surface area contributed by atoms with E-state index in [0.717, 1.165) is 31.1 Å². The highest BCUT2D eigenvalue weighted by atomic mass is 32.2. The highest BCUT2D eigenvalue weighted by Gasteiger charge is 2.33. The van der Waals surface area contributed by atoms with E-state index in [0.29, 0.717) is 17.7 Å². The molecule has 2 aliphatic rings. The molecule has 130 valence electrons. The Morgan fingerprint density at radius 2 is 2.00 bits per heavy atom. The number of anilines is 1. The summed E-state index contributed by atoms with van der Waals surface area (Å²) in [5, 5.41) is 0. The predicted octanol–water partition coefficient (Wildman–Crippen LogP) is 1.90. The Labute approximate surface area is 140 Å². The van der Waals surface area contributed by atoms with Crippen LogP contribution in [0.25, 0.3) is 0 Å².